The van der Waals surface area contributed by atoms with Crippen LogP contribution in [0.5, 0.6) is 17.2 Å². The van der Waals surface area contributed by atoms with E-state index in [-0.39, 0.29) is 10.6 Å². The first-order chi connectivity index (χ1) is 19.7. The van der Waals surface area contributed by atoms with Crippen molar-refractivity contribution in [3.05, 3.63) is 112 Å². The Balaban J connectivity index is 1.47. The van der Waals surface area contributed by atoms with Crippen molar-refractivity contribution >= 4 is 26.7 Å². The molecule has 0 saturated heterocycles. The molecule has 0 unspecified atom stereocenters. The second-order valence-corrected chi connectivity index (χ2v) is 11.3. The monoisotopic (exact) mass is 573 g/mol. The predicted octanol–water partition coefficient (Wildman–Crippen LogP) is 4.86. The number of methoxy groups -OCH3 is 2. The number of sulfonamides is 1. The van der Waals surface area contributed by atoms with Gasteiger partial charge in [0.25, 0.3) is 10.0 Å². The highest BCUT2D eigenvalue weighted by molar-refractivity contribution is 7.92. The molecule has 212 valence electrons. The highest BCUT2D eigenvalue weighted by Gasteiger charge is 2.21. The topological polar surface area (TPSA) is 101 Å². The molecule has 5 aromatic rings. The Kier molecular flexibility index (Phi) is 7.76. The van der Waals surface area contributed by atoms with Gasteiger partial charge in [-0.3, -0.25) is 13.9 Å². The highest BCUT2D eigenvalue weighted by Crippen LogP contribution is 2.32. The van der Waals surface area contributed by atoms with E-state index in [1.165, 1.54) is 30.9 Å². The Morgan fingerprint density at radius 1 is 0.756 bits per heavy atom. The normalized spacial score (nSPS) is 11.4. The average Bonchev–Trinajstić information content (AvgIpc) is 3.19. The van der Waals surface area contributed by atoms with E-state index in [1.807, 2.05) is 60.7 Å². The summed E-state index contributed by atoms with van der Waals surface area (Å²) in [6.45, 7) is 0.459. The lowest BCUT2D eigenvalue weighted by atomic mass is 10.0. The molecule has 5 rings (SSSR count). The lowest BCUT2D eigenvalue weighted by molar-refractivity contribution is 0.306. The minimum absolute atomic E-state index is 0.0167. The van der Waals surface area contributed by atoms with Gasteiger partial charge in [0.2, 0.25) is 0 Å². The third kappa shape index (κ3) is 5.78. The van der Waals surface area contributed by atoms with E-state index < -0.39 is 10.0 Å². The lowest BCUT2D eigenvalue weighted by Gasteiger charge is -2.15. The number of aromatic nitrogens is 2. The Hall–Kier alpha value is -4.70. The first kappa shape index (κ1) is 27.9. The van der Waals surface area contributed by atoms with E-state index in [0.717, 1.165) is 16.9 Å². The number of nitrogens with zero attached hydrogens (tertiary/aromatic N) is 2. The largest absolute Gasteiger partial charge is 0.493 e. The minimum Gasteiger partial charge on any atom is -0.493 e. The zero-order valence-electron chi connectivity index (χ0n) is 23.2. The maximum absolute atomic E-state index is 13.5. The number of rotatable bonds is 10. The van der Waals surface area contributed by atoms with Crippen LogP contribution in [0.15, 0.2) is 94.6 Å². The van der Waals surface area contributed by atoms with Crippen LogP contribution >= 0.6 is 0 Å². The Bertz CT molecular complexity index is 1860. The third-order valence-corrected chi connectivity index (χ3v) is 8.34. The molecule has 0 radical (unpaired) electrons. The van der Waals surface area contributed by atoms with Crippen LogP contribution in [0.25, 0.3) is 11.0 Å². The molecular weight excluding hydrogens is 542 g/mol. The van der Waals surface area contributed by atoms with Gasteiger partial charge in [-0.05, 0) is 59.5 Å². The molecule has 0 fully saturated rings. The summed E-state index contributed by atoms with van der Waals surface area (Å²) in [6, 6.07) is 25.5. The fourth-order valence-corrected chi connectivity index (χ4v) is 5.79. The van der Waals surface area contributed by atoms with Crippen molar-refractivity contribution in [1.82, 2.24) is 9.13 Å². The van der Waals surface area contributed by atoms with Gasteiger partial charge in [0.15, 0.2) is 11.5 Å². The van der Waals surface area contributed by atoms with Gasteiger partial charge < -0.3 is 14.2 Å². The molecule has 0 aliphatic rings. The van der Waals surface area contributed by atoms with Gasteiger partial charge >= 0.3 is 5.69 Å². The van der Waals surface area contributed by atoms with Crippen molar-refractivity contribution < 1.29 is 22.6 Å². The maximum Gasteiger partial charge on any atom is 0.328 e. The molecule has 1 N–H and O–H groups in total. The van der Waals surface area contributed by atoms with Gasteiger partial charge in [-0.15, -0.1) is 0 Å². The molecule has 0 atom stereocenters. The minimum atomic E-state index is -4.01. The van der Waals surface area contributed by atoms with Gasteiger partial charge in [0.1, 0.15) is 12.4 Å². The number of aryl methyl sites for hydroxylation is 2. The average molecular weight is 574 g/mol. The summed E-state index contributed by atoms with van der Waals surface area (Å²) in [5.74, 6) is 1.45. The second-order valence-electron chi connectivity index (χ2n) is 9.62. The van der Waals surface area contributed by atoms with Crippen LogP contribution in [-0.4, -0.2) is 31.8 Å². The smallest absolute Gasteiger partial charge is 0.328 e. The quantitative estimate of drug-likeness (QED) is 0.256. The number of hydrogen-bond acceptors (Lipinski definition) is 6. The number of ether oxygens (including phenoxy) is 3. The van der Waals surface area contributed by atoms with Gasteiger partial charge in [-0.2, -0.15) is 0 Å². The third-order valence-electron chi connectivity index (χ3n) is 6.97. The van der Waals surface area contributed by atoms with E-state index in [1.54, 1.807) is 30.8 Å². The van der Waals surface area contributed by atoms with Crippen molar-refractivity contribution in [3.63, 3.8) is 0 Å². The summed E-state index contributed by atoms with van der Waals surface area (Å²) < 4.78 is 49.2. The highest BCUT2D eigenvalue weighted by atomic mass is 32.2. The molecule has 41 heavy (non-hydrogen) atoms. The van der Waals surface area contributed by atoms with Crippen molar-refractivity contribution in [1.29, 1.82) is 0 Å². The molecular formula is C31H31N3O6S. The van der Waals surface area contributed by atoms with Crippen molar-refractivity contribution in [2.75, 3.05) is 18.9 Å². The molecule has 0 aliphatic heterocycles. The van der Waals surface area contributed by atoms with E-state index in [2.05, 4.69) is 4.72 Å². The van der Waals surface area contributed by atoms with Gasteiger partial charge in [-0.1, -0.05) is 42.5 Å². The number of benzene rings is 4. The van der Waals surface area contributed by atoms with E-state index in [9.17, 15) is 13.2 Å². The maximum atomic E-state index is 13.5. The zero-order valence-corrected chi connectivity index (χ0v) is 24.1. The first-order valence-corrected chi connectivity index (χ1v) is 14.4. The predicted molar refractivity (Wildman–Crippen MR) is 159 cm³/mol. The molecule has 0 amide bonds. The molecule has 0 aliphatic carbocycles. The standard InChI is InChI=1S/C31H31N3O6S/c1-33-27-17-23(16-21-10-12-24(13-11-21)40-20-22-8-6-5-7-9-22)26(19-28(27)34(2)31(33)35)32-41(36,37)25-14-15-29(38-3)30(18-25)39-4/h5-15,17-19,32H,16,20H2,1-4H3. The van der Waals surface area contributed by atoms with E-state index in [4.69, 9.17) is 14.2 Å². The van der Waals surface area contributed by atoms with Crippen LogP contribution in [0.4, 0.5) is 5.69 Å². The molecule has 0 spiro atoms. The summed E-state index contributed by atoms with van der Waals surface area (Å²) >= 11 is 0. The Labute approximate surface area is 238 Å². The molecule has 4 aromatic carbocycles. The van der Waals surface area contributed by atoms with Crippen molar-refractivity contribution in [3.8, 4) is 17.2 Å². The van der Waals surface area contributed by atoms with Crippen LogP contribution in [-0.2, 0) is 37.1 Å². The summed E-state index contributed by atoms with van der Waals surface area (Å²) in [7, 11) is 2.27. The van der Waals surface area contributed by atoms with Crippen LogP contribution in [0, 0.1) is 0 Å². The number of fused-ring (bicyclic) bond motifs is 1. The number of anilines is 1. The molecule has 1 aromatic heterocycles. The van der Waals surface area contributed by atoms with Crippen LogP contribution in [0.2, 0.25) is 0 Å². The summed E-state index contributed by atoms with van der Waals surface area (Å²) in [5, 5.41) is 0. The number of hydrogen-bond donors (Lipinski definition) is 1. The SMILES string of the molecule is COc1ccc(S(=O)(=O)Nc2cc3c(cc2Cc2ccc(OCc4ccccc4)cc2)n(C)c(=O)n3C)cc1OC. The molecule has 0 bridgehead atoms. The summed E-state index contributed by atoms with van der Waals surface area (Å²) in [4.78, 5) is 12.7. The van der Waals surface area contributed by atoms with E-state index >= 15 is 0 Å². The Morgan fingerprint density at radius 2 is 1.41 bits per heavy atom. The van der Waals surface area contributed by atoms with Crippen molar-refractivity contribution in [2.24, 2.45) is 14.1 Å². The Morgan fingerprint density at radius 3 is 2.07 bits per heavy atom. The molecule has 9 nitrogen and oxygen atoms in total. The molecule has 10 heteroatoms. The molecule has 1 heterocycles. The van der Waals surface area contributed by atoms with Gasteiger partial charge in [-0.25, -0.2) is 13.2 Å². The number of imidazole rings is 1. The fourth-order valence-electron chi connectivity index (χ4n) is 4.68. The van der Waals surface area contributed by atoms with Crippen LogP contribution < -0.4 is 24.6 Å². The van der Waals surface area contributed by atoms with Gasteiger partial charge in [0.05, 0.1) is 35.8 Å². The van der Waals surface area contributed by atoms with Crippen LogP contribution in [0.1, 0.15) is 16.7 Å². The number of nitrogens with one attached hydrogen (secondary N) is 1. The summed E-state index contributed by atoms with van der Waals surface area (Å²) in [6.07, 6.45) is 0.418. The lowest BCUT2D eigenvalue weighted by Crippen LogP contribution is -2.19. The zero-order chi connectivity index (χ0) is 29.1. The van der Waals surface area contributed by atoms with Gasteiger partial charge in [0, 0.05) is 20.2 Å². The fraction of sp³-hybridized carbons (Fsp3) is 0.194. The first-order valence-electron chi connectivity index (χ1n) is 12.9. The molecule has 0 saturated carbocycles. The van der Waals surface area contributed by atoms with Crippen molar-refractivity contribution in [2.45, 2.75) is 17.9 Å². The second kappa shape index (κ2) is 11.4. The van der Waals surface area contributed by atoms with E-state index in [0.29, 0.717) is 46.8 Å². The summed E-state index contributed by atoms with van der Waals surface area (Å²) in [5.41, 5.74) is 4.21. The van der Waals surface area contributed by atoms with Crippen LogP contribution in [0.3, 0.4) is 0 Å².